The number of hydrogen-bond donors (Lipinski definition) is 1. The van der Waals surface area contributed by atoms with Crippen LogP contribution in [0.2, 0.25) is 0 Å². The number of nitrogens with one attached hydrogen (secondary N) is 1. The lowest BCUT2D eigenvalue weighted by Crippen LogP contribution is -2.16. The molecule has 0 bridgehead atoms. The number of hydrogen-bond acceptors (Lipinski definition) is 6. The highest BCUT2D eigenvalue weighted by molar-refractivity contribution is 8.01. The van der Waals surface area contributed by atoms with E-state index in [1.807, 2.05) is 13.2 Å². The third-order valence-electron chi connectivity index (χ3n) is 2.42. The van der Waals surface area contributed by atoms with Crippen LogP contribution >= 0.6 is 23.3 Å². The molecule has 0 aliphatic heterocycles. The first kappa shape index (κ1) is 12.5. The maximum atomic E-state index is 4.47. The minimum absolute atomic E-state index is 0.329. The van der Waals surface area contributed by atoms with E-state index >= 15 is 0 Å². The van der Waals surface area contributed by atoms with Crippen molar-refractivity contribution in [3.8, 4) is 0 Å². The quantitative estimate of drug-likeness (QED) is 0.902. The van der Waals surface area contributed by atoms with Gasteiger partial charge in [-0.15, -0.1) is 0 Å². The minimum Gasteiger partial charge on any atom is -0.312 e. The van der Waals surface area contributed by atoms with Gasteiger partial charge in [0.25, 0.3) is 0 Å². The van der Waals surface area contributed by atoms with E-state index in [0.717, 1.165) is 21.3 Å². The number of pyridine rings is 1. The molecule has 1 unspecified atom stereocenters. The van der Waals surface area contributed by atoms with Crippen molar-refractivity contribution in [1.29, 1.82) is 0 Å². The van der Waals surface area contributed by atoms with Crippen LogP contribution in [0.4, 0.5) is 0 Å². The van der Waals surface area contributed by atoms with Crippen molar-refractivity contribution in [1.82, 2.24) is 19.7 Å². The summed E-state index contributed by atoms with van der Waals surface area (Å²) in [4.78, 5) is 9.70. The van der Waals surface area contributed by atoms with Gasteiger partial charge in [0, 0.05) is 17.1 Å². The average molecular weight is 266 g/mol. The molecule has 2 aromatic rings. The fraction of sp³-hybridized carbons (Fsp3) is 0.364. The van der Waals surface area contributed by atoms with Gasteiger partial charge in [0.05, 0.1) is 5.69 Å². The zero-order valence-electron chi connectivity index (χ0n) is 9.75. The van der Waals surface area contributed by atoms with E-state index in [2.05, 4.69) is 38.7 Å². The van der Waals surface area contributed by atoms with Crippen molar-refractivity contribution in [2.75, 3.05) is 7.05 Å². The van der Waals surface area contributed by atoms with Crippen molar-refractivity contribution in [2.45, 2.75) is 28.6 Å². The summed E-state index contributed by atoms with van der Waals surface area (Å²) >= 11 is 2.99. The van der Waals surface area contributed by atoms with E-state index in [-0.39, 0.29) is 0 Å². The summed E-state index contributed by atoms with van der Waals surface area (Å²) in [5, 5.41) is 3.24. The molecule has 0 aromatic carbocycles. The van der Waals surface area contributed by atoms with Gasteiger partial charge in [0.15, 0.2) is 4.34 Å². The predicted octanol–water partition coefficient (Wildman–Crippen LogP) is 2.75. The monoisotopic (exact) mass is 266 g/mol. The van der Waals surface area contributed by atoms with E-state index in [9.17, 15) is 0 Å². The Hall–Kier alpha value is -0.980. The second-order valence-corrected chi connectivity index (χ2v) is 5.58. The second kappa shape index (κ2) is 6.09. The lowest BCUT2D eigenvalue weighted by Gasteiger charge is -2.12. The molecule has 0 spiro atoms. The first-order valence-corrected chi connectivity index (χ1v) is 7.00. The number of aromatic nitrogens is 3. The van der Waals surface area contributed by atoms with Crippen LogP contribution in [0.15, 0.2) is 33.9 Å². The predicted molar refractivity (Wildman–Crippen MR) is 70.4 cm³/mol. The Morgan fingerprint density at radius 2 is 2.29 bits per heavy atom. The lowest BCUT2D eigenvalue weighted by molar-refractivity contribution is 0.561. The Balaban J connectivity index is 2.07. The maximum absolute atomic E-state index is 4.47. The molecule has 1 N–H and O–H groups in total. The van der Waals surface area contributed by atoms with Crippen LogP contribution in [0.1, 0.15) is 25.1 Å². The molecule has 4 nitrogen and oxygen atoms in total. The van der Waals surface area contributed by atoms with Gasteiger partial charge in [0.2, 0.25) is 0 Å². The summed E-state index contributed by atoms with van der Waals surface area (Å²) in [5.74, 6) is 0. The largest absolute Gasteiger partial charge is 0.312 e. The normalized spacial score (nSPS) is 12.6. The van der Waals surface area contributed by atoms with Gasteiger partial charge in [-0.1, -0.05) is 18.7 Å². The molecule has 0 aliphatic rings. The summed E-state index contributed by atoms with van der Waals surface area (Å²) < 4.78 is 4.91. The van der Waals surface area contributed by atoms with E-state index in [1.165, 1.54) is 11.5 Å². The van der Waals surface area contributed by atoms with Gasteiger partial charge in [-0.25, -0.2) is 4.98 Å². The van der Waals surface area contributed by atoms with Crippen LogP contribution in [-0.2, 0) is 0 Å². The molecule has 17 heavy (non-hydrogen) atoms. The van der Waals surface area contributed by atoms with E-state index in [0.29, 0.717) is 6.04 Å². The standard InChI is InChI=1S/C11H14N4S2/c1-3-9(12-2)10-5-4-8(6-13-10)16-11-14-7-15-17-11/h4-7,9,12H,3H2,1-2H3. The Labute approximate surface area is 109 Å². The third-order valence-corrected chi connectivity index (χ3v) is 4.11. The zero-order chi connectivity index (χ0) is 12.1. The first-order chi connectivity index (χ1) is 8.33. The highest BCUT2D eigenvalue weighted by Gasteiger charge is 2.08. The van der Waals surface area contributed by atoms with E-state index in [4.69, 9.17) is 0 Å². The molecule has 0 aliphatic carbocycles. The topological polar surface area (TPSA) is 50.7 Å². The van der Waals surface area contributed by atoms with Crippen LogP contribution in [0.3, 0.4) is 0 Å². The summed E-state index contributed by atoms with van der Waals surface area (Å²) in [5.41, 5.74) is 1.08. The maximum Gasteiger partial charge on any atom is 0.174 e. The Morgan fingerprint density at radius 1 is 1.41 bits per heavy atom. The van der Waals surface area contributed by atoms with Gasteiger partial charge in [-0.2, -0.15) is 4.37 Å². The minimum atomic E-state index is 0.329. The molecule has 2 rings (SSSR count). The fourth-order valence-electron chi connectivity index (χ4n) is 1.53. The first-order valence-electron chi connectivity index (χ1n) is 5.41. The SMILES string of the molecule is CCC(NC)c1ccc(Sc2ncns2)cn1. The summed E-state index contributed by atoms with van der Waals surface area (Å²) in [7, 11) is 1.96. The van der Waals surface area contributed by atoms with Gasteiger partial charge in [-0.05, 0) is 37.1 Å². The number of nitrogens with zero attached hydrogens (tertiary/aromatic N) is 3. The highest BCUT2D eigenvalue weighted by Crippen LogP contribution is 2.28. The molecular formula is C11H14N4S2. The smallest absolute Gasteiger partial charge is 0.174 e. The van der Waals surface area contributed by atoms with Crippen molar-refractivity contribution in [3.05, 3.63) is 30.4 Å². The number of rotatable bonds is 5. The average Bonchev–Trinajstić information content (AvgIpc) is 2.86. The zero-order valence-corrected chi connectivity index (χ0v) is 11.4. The van der Waals surface area contributed by atoms with Crippen molar-refractivity contribution >= 4 is 23.3 Å². The van der Waals surface area contributed by atoms with Gasteiger partial charge in [-0.3, -0.25) is 4.98 Å². The van der Waals surface area contributed by atoms with Crippen molar-refractivity contribution in [2.24, 2.45) is 0 Å². The van der Waals surface area contributed by atoms with Gasteiger partial charge in [0.1, 0.15) is 6.33 Å². The molecule has 2 aromatic heterocycles. The Kier molecular flexibility index (Phi) is 4.47. The molecule has 0 radical (unpaired) electrons. The van der Waals surface area contributed by atoms with Crippen molar-refractivity contribution < 1.29 is 0 Å². The summed E-state index contributed by atoms with van der Waals surface area (Å²) in [6.45, 7) is 2.15. The summed E-state index contributed by atoms with van der Waals surface area (Å²) in [6.07, 6.45) is 4.50. The second-order valence-electron chi connectivity index (χ2n) is 3.48. The molecule has 0 saturated carbocycles. The molecule has 1 atom stereocenters. The van der Waals surface area contributed by atoms with Crippen LogP contribution < -0.4 is 5.32 Å². The molecule has 0 amide bonds. The molecule has 0 fully saturated rings. The van der Waals surface area contributed by atoms with Crippen LogP contribution in [-0.4, -0.2) is 21.4 Å². The Morgan fingerprint density at radius 3 is 2.82 bits per heavy atom. The molecule has 0 saturated heterocycles. The van der Waals surface area contributed by atoms with Crippen LogP contribution in [0, 0.1) is 0 Å². The van der Waals surface area contributed by atoms with Gasteiger partial charge >= 0.3 is 0 Å². The van der Waals surface area contributed by atoms with Crippen LogP contribution in [0.25, 0.3) is 0 Å². The summed E-state index contributed by atoms with van der Waals surface area (Å²) in [6, 6.07) is 4.47. The van der Waals surface area contributed by atoms with E-state index in [1.54, 1.807) is 18.1 Å². The molecule has 6 heteroatoms. The lowest BCUT2D eigenvalue weighted by atomic mass is 10.1. The van der Waals surface area contributed by atoms with Crippen LogP contribution in [0.5, 0.6) is 0 Å². The third kappa shape index (κ3) is 3.24. The van der Waals surface area contributed by atoms with E-state index < -0.39 is 0 Å². The van der Waals surface area contributed by atoms with Crippen molar-refractivity contribution in [3.63, 3.8) is 0 Å². The molecule has 2 heterocycles. The molecular weight excluding hydrogens is 252 g/mol. The fourth-order valence-corrected chi connectivity index (χ4v) is 2.92. The Bertz CT molecular complexity index is 437. The van der Waals surface area contributed by atoms with Gasteiger partial charge < -0.3 is 5.32 Å². The molecule has 90 valence electrons. The highest BCUT2D eigenvalue weighted by atomic mass is 32.2.